The molecule has 1 aromatic carbocycles. The molecule has 0 aliphatic rings. The Bertz CT molecular complexity index is 465. The summed E-state index contributed by atoms with van der Waals surface area (Å²) < 4.78 is 10.9. The van der Waals surface area contributed by atoms with Gasteiger partial charge in [0.25, 0.3) is 5.91 Å². The van der Waals surface area contributed by atoms with Crippen molar-refractivity contribution in [3.63, 3.8) is 0 Å². The van der Waals surface area contributed by atoms with Gasteiger partial charge in [-0.25, -0.2) is 0 Å². The lowest BCUT2D eigenvalue weighted by atomic mass is 10.1. The summed E-state index contributed by atoms with van der Waals surface area (Å²) >= 11 is 5.77. The molecule has 100 valence electrons. The van der Waals surface area contributed by atoms with Crippen LogP contribution in [0.5, 0.6) is 5.75 Å². The Morgan fingerprint density at radius 1 is 1.56 bits per heavy atom. The maximum atomic E-state index is 11.9. The largest absolute Gasteiger partial charge is 0.507 e. The van der Waals surface area contributed by atoms with E-state index in [1.54, 1.807) is 6.26 Å². The summed E-state index contributed by atoms with van der Waals surface area (Å²) in [4.78, 5) is 11.9. The molecule has 1 aromatic rings. The zero-order valence-corrected chi connectivity index (χ0v) is 11.8. The second-order valence-corrected chi connectivity index (χ2v) is 6.09. The summed E-state index contributed by atoms with van der Waals surface area (Å²) in [6.45, 7) is 1.83. The number of rotatable bonds is 5. The van der Waals surface area contributed by atoms with Crippen LogP contribution in [0.3, 0.4) is 0 Å². The molecule has 0 saturated heterocycles. The summed E-state index contributed by atoms with van der Waals surface area (Å²) in [6, 6.07) is 4.19. The van der Waals surface area contributed by atoms with Crippen LogP contribution in [0.4, 0.5) is 0 Å². The molecule has 0 aliphatic carbocycles. The van der Waals surface area contributed by atoms with Crippen LogP contribution in [0.1, 0.15) is 23.7 Å². The van der Waals surface area contributed by atoms with Gasteiger partial charge in [-0.15, -0.1) is 0 Å². The number of hydrogen-bond acceptors (Lipinski definition) is 3. The van der Waals surface area contributed by atoms with Crippen LogP contribution in [0.2, 0.25) is 5.02 Å². The molecule has 0 aliphatic heterocycles. The highest BCUT2D eigenvalue weighted by molar-refractivity contribution is 7.84. The van der Waals surface area contributed by atoms with E-state index in [2.05, 4.69) is 5.32 Å². The number of carbonyl (C=O) groups excluding carboxylic acids is 1. The topological polar surface area (TPSA) is 66.4 Å². The number of phenolic OH excluding ortho intramolecular Hbond substituents is 1. The minimum atomic E-state index is -0.875. The van der Waals surface area contributed by atoms with Crippen molar-refractivity contribution < 1.29 is 14.1 Å². The molecule has 0 bridgehead atoms. The van der Waals surface area contributed by atoms with E-state index in [1.807, 2.05) is 6.92 Å². The quantitative estimate of drug-likeness (QED) is 0.870. The predicted octanol–water partition coefficient (Wildman–Crippen LogP) is 1.93. The van der Waals surface area contributed by atoms with Crippen LogP contribution < -0.4 is 5.32 Å². The number of nitrogens with one attached hydrogen (secondary N) is 1. The van der Waals surface area contributed by atoms with E-state index < -0.39 is 10.8 Å². The number of hydrogen-bond donors (Lipinski definition) is 2. The summed E-state index contributed by atoms with van der Waals surface area (Å²) in [6.07, 6.45) is 2.24. The Hall–Kier alpha value is -1.07. The fourth-order valence-corrected chi connectivity index (χ4v) is 2.26. The van der Waals surface area contributed by atoms with Crippen LogP contribution in [0.25, 0.3) is 0 Å². The zero-order chi connectivity index (χ0) is 13.7. The summed E-state index contributed by atoms with van der Waals surface area (Å²) in [5, 5.41) is 12.7. The maximum absolute atomic E-state index is 11.9. The van der Waals surface area contributed by atoms with Crippen molar-refractivity contribution in [1.82, 2.24) is 5.32 Å². The molecule has 0 fully saturated rings. The van der Waals surface area contributed by atoms with Crippen molar-refractivity contribution in [1.29, 1.82) is 0 Å². The Balaban J connectivity index is 2.64. The highest BCUT2D eigenvalue weighted by Crippen LogP contribution is 2.21. The van der Waals surface area contributed by atoms with E-state index in [0.29, 0.717) is 17.2 Å². The fourth-order valence-electron chi connectivity index (χ4n) is 1.41. The van der Waals surface area contributed by atoms with E-state index in [0.717, 1.165) is 0 Å². The minimum absolute atomic E-state index is 0.108. The van der Waals surface area contributed by atoms with Crippen molar-refractivity contribution in [2.75, 3.05) is 12.0 Å². The van der Waals surface area contributed by atoms with Gasteiger partial charge < -0.3 is 10.4 Å². The summed E-state index contributed by atoms with van der Waals surface area (Å²) in [7, 11) is -0.875. The van der Waals surface area contributed by atoms with Gasteiger partial charge in [-0.3, -0.25) is 9.00 Å². The van der Waals surface area contributed by atoms with Crippen molar-refractivity contribution in [2.45, 2.75) is 19.4 Å². The third-order valence-corrected chi connectivity index (χ3v) is 3.46. The van der Waals surface area contributed by atoms with Crippen LogP contribution in [0.15, 0.2) is 18.2 Å². The number of benzene rings is 1. The summed E-state index contributed by atoms with van der Waals surface area (Å²) in [5.41, 5.74) is 0.145. The second-order valence-electron chi connectivity index (χ2n) is 4.10. The lowest BCUT2D eigenvalue weighted by Gasteiger charge is -2.13. The summed E-state index contributed by atoms with van der Waals surface area (Å²) in [5.74, 6) is 0.0377. The molecule has 6 heteroatoms. The van der Waals surface area contributed by atoms with E-state index in [-0.39, 0.29) is 23.3 Å². The first-order valence-electron chi connectivity index (χ1n) is 5.49. The van der Waals surface area contributed by atoms with Gasteiger partial charge in [-0.05, 0) is 31.5 Å². The van der Waals surface area contributed by atoms with Crippen molar-refractivity contribution in [3.8, 4) is 5.75 Å². The monoisotopic (exact) mass is 289 g/mol. The van der Waals surface area contributed by atoms with Crippen LogP contribution >= 0.6 is 11.6 Å². The van der Waals surface area contributed by atoms with Gasteiger partial charge in [-0.1, -0.05) is 11.6 Å². The average Bonchev–Trinajstić information content (AvgIpc) is 2.29. The van der Waals surface area contributed by atoms with Gasteiger partial charge >= 0.3 is 0 Å². The van der Waals surface area contributed by atoms with Gasteiger partial charge in [-0.2, -0.15) is 0 Å². The van der Waals surface area contributed by atoms with E-state index in [9.17, 15) is 14.1 Å². The molecule has 18 heavy (non-hydrogen) atoms. The molecule has 4 nitrogen and oxygen atoms in total. The van der Waals surface area contributed by atoms with Gasteiger partial charge in [0, 0.05) is 33.9 Å². The highest BCUT2D eigenvalue weighted by Gasteiger charge is 2.14. The number of amides is 1. The van der Waals surface area contributed by atoms with Crippen molar-refractivity contribution in [2.24, 2.45) is 0 Å². The molecule has 0 saturated carbocycles. The normalized spacial score (nSPS) is 13.9. The van der Waals surface area contributed by atoms with E-state index in [4.69, 9.17) is 11.6 Å². The van der Waals surface area contributed by atoms with E-state index >= 15 is 0 Å². The van der Waals surface area contributed by atoms with Crippen LogP contribution in [-0.4, -0.2) is 33.3 Å². The molecule has 1 rings (SSSR count). The standard InChI is InChI=1S/C12H16ClNO3S/c1-8(5-6-18(2)17)14-12(16)10-7-9(13)3-4-11(10)15/h3-4,7-8,15H,5-6H2,1-2H3,(H,14,16). The lowest BCUT2D eigenvalue weighted by Crippen LogP contribution is -2.33. The highest BCUT2D eigenvalue weighted by atomic mass is 35.5. The second kappa shape index (κ2) is 6.75. The number of carbonyl (C=O) groups is 1. The first-order valence-corrected chi connectivity index (χ1v) is 7.60. The molecule has 2 unspecified atom stereocenters. The molecule has 0 spiro atoms. The fraction of sp³-hybridized carbons (Fsp3) is 0.417. The number of halogens is 1. The number of aromatic hydroxyl groups is 1. The first kappa shape index (κ1) is 15.0. The van der Waals surface area contributed by atoms with Gasteiger partial charge in [0.05, 0.1) is 5.56 Å². The first-order chi connectivity index (χ1) is 8.40. The Morgan fingerprint density at radius 3 is 2.83 bits per heavy atom. The molecule has 0 aromatic heterocycles. The maximum Gasteiger partial charge on any atom is 0.255 e. The molecular weight excluding hydrogens is 274 g/mol. The van der Waals surface area contributed by atoms with Gasteiger partial charge in [0.1, 0.15) is 5.75 Å². The third kappa shape index (κ3) is 4.66. The Morgan fingerprint density at radius 2 is 2.22 bits per heavy atom. The molecular formula is C12H16ClNO3S. The minimum Gasteiger partial charge on any atom is -0.507 e. The molecule has 1 amide bonds. The lowest BCUT2D eigenvalue weighted by molar-refractivity contribution is 0.0937. The SMILES string of the molecule is CC(CCS(C)=O)NC(=O)c1cc(Cl)ccc1O. The number of phenols is 1. The molecule has 0 heterocycles. The average molecular weight is 290 g/mol. The Labute approximate surface area is 114 Å². The van der Waals surface area contributed by atoms with Crippen LogP contribution in [0, 0.1) is 0 Å². The molecule has 2 N–H and O–H groups in total. The third-order valence-electron chi connectivity index (χ3n) is 2.42. The van der Waals surface area contributed by atoms with Gasteiger partial charge in [0.15, 0.2) is 0 Å². The van der Waals surface area contributed by atoms with Gasteiger partial charge in [0.2, 0.25) is 0 Å². The van der Waals surface area contributed by atoms with Crippen molar-refractivity contribution in [3.05, 3.63) is 28.8 Å². The molecule has 2 atom stereocenters. The Kier molecular flexibility index (Phi) is 5.62. The predicted molar refractivity (Wildman–Crippen MR) is 73.6 cm³/mol. The zero-order valence-electron chi connectivity index (χ0n) is 10.3. The smallest absolute Gasteiger partial charge is 0.255 e. The van der Waals surface area contributed by atoms with E-state index in [1.165, 1.54) is 18.2 Å². The molecule has 0 radical (unpaired) electrons. The van der Waals surface area contributed by atoms with Crippen molar-refractivity contribution >= 4 is 28.3 Å². The van der Waals surface area contributed by atoms with Crippen LogP contribution in [-0.2, 0) is 10.8 Å².